The van der Waals surface area contributed by atoms with Gasteiger partial charge in [0, 0.05) is 0 Å². The van der Waals surface area contributed by atoms with E-state index in [1.807, 2.05) is 0 Å². The third-order valence-electron chi connectivity index (χ3n) is 5.65. The van der Waals surface area contributed by atoms with Gasteiger partial charge in [0.2, 0.25) is 0 Å². The van der Waals surface area contributed by atoms with E-state index in [-0.39, 0.29) is 0 Å². The molecule has 2 aliphatic rings. The Hall–Kier alpha value is 0. The Morgan fingerprint density at radius 3 is 1.17 bits per heavy atom. The summed E-state index contributed by atoms with van der Waals surface area (Å²) in [5, 5.41) is 0. The Labute approximate surface area is 116 Å². The highest BCUT2D eigenvalue weighted by atomic mass is 14.3. The lowest BCUT2D eigenvalue weighted by molar-refractivity contribution is 0.151. The second-order valence-electron chi connectivity index (χ2n) is 7.76. The van der Waals surface area contributed by atoms with Crippen LogP contribution in [0.1, 0.15) is 80.1 Å². The molecule has 2 unspecified atom stereocenters. The molecule has 0 radical (unpaired) electrons. The van der Waals surface area contributed by atoms with Gasteiger partial charge in [0.05, 0.1) is 0 Å². The zero-order valence-corrected chi connectivity index (χ0v) is 13.7. The van der Waals surface area contributed by atoms with Gasteiger partial charge in [-0.2, -0.15) is 0 Å². The lowest BCUT2D eigenvalue weighted by atomic mass is 9.71. The van der Waals surface area contributed by atoms with Crippen molar-refractivity contribution >= 4 is 0 Å². The fourth-order valence-electron chi connectivity index (χ4n) is 3.78. The molecule has 108 valence electrons. The summed E-state index contributed by atoms with van der Waals surface area (Å²) >= 11 is 0. The summed E-state index contributed by atoms with van der Waals surface area (Å²) in [5.74, 6) is 5.88. The fourth-order valence-corrected chi connectivity index (χ4v) is 3.78. The molecular formula is C18H36. The van der Waals surface area contributed by atoms with E-state index in [1.165, 1.54) is 38.5 Å². The van der Waals surface area contributed by atoms with E-state index >= 15 is 0 Å². The molecule has 2 rings (SSSR count). The van der Waals surface area contributed by atoms with Crippen molar-refractivity contribution in [3.8, 4) is 0 Å². The second kappa shape index (κ2) is 7.56. The van der Waals surface area contributed by atoms with Crippen LogP contribution in [0.25, 0.3) is 0 Å². The first-order valence-electron chi connectivity index (χ1n) is 8.40. The van der Waals surface area contributed by atoms with E-state index in [9.17, 15) is 0 Å². The first-order chi connectivity index (χ1) is 8.40. The van der Waals surface area contributed by atoms with Gasteiger partial charge in [-0.1, -0.05) is 67.2 Å². The molecule has 0 N–H and O–H groups in total. The van der Waals surface area contributed by atoms with Gasteiger partial charge >= 0.3 is 0 Å². The van der Waals surface area contributed by atoms with Gasteiger partial charge in [-0.15, -0.1) is 0 Å². The van der Waals surface area contributed by atoms with E-state index in [1.54, 1.807) is 0 Å². The van der Waals surface area contributed by atoms with Crippen LogP contribution in [0.15, 0.2) is 0 Å². The zero-order chi connectivity index (χ0) is 13.7. The zero-order valence-electron chi connectivity index (χ0n) is 13.7. The van der Waals surface area contributed by atoms with Crippen molar-refractivity contribution in [3.63, 3.8) is 0 Å². The van der Waals surface area contributed by atoms with E-state index in [0.29, 0.717) is 0 Å². The van der Waals surface area contributed by atoms with Crippen molar-refractivity contribution in [2.24, 2.45) is 35.5 Å². The van der Waals surface area contributed by atoms with E-state index < -0.39 is 0 Å². The van der Waals surface area contributed by atoms with Crippen molar-refractivity contribution in [2.75, 3.05) is 0 Å². The Morgan fingerprint density at radius 2 is 0.833 bits per heavy atom. The average molecular weight is 252 g/mol. The quantitative estimate of drug-likeness (QED) is 0.484. The first kappa shape index (κ1) is 16.1. The van der Waals surface area contributed by atoms with Gasteiger partial charge < -0.3 is 0 Å². The third-order valence-corrected chi connectivity index (χ3v) is 5.65. The molecule has 0 aromatic rings. The number of hydrogen-bond donors (Lipinski definition) is 0. The van der Waals surface area contributed by atoms with Crippen LogP contribution in [-0.4, -0.2) is 0 Å². The maximum absolute atomic E-state index is 2.40. The summed E-state index contributed by atoms with van der Waals surface area (Å²) < 4.78 is 0. The van der Waals surface area contributed by atoms with Crippen LogP contribution in [-0.2, 0) is 0 Å². The predicted molar refractivity (Wildman–Crippen MR) is 82.7 cm³/mol. The summed E-state index contributed by atoms with van der Waals surface area (Å²) in [7, 11) is 0. The fraction of sp³-hybridized carbons (Fsp3) is 1.00. The Bertz CT molecular complexity index is 190. The van der Waals surface area contributed by atoms with Crippen LogP contribution in [0, 0.1) is 35.5 Å². The largest absolute Gasteiger partial charge is 0.0625 e. The summed E-state index contributed by atoms with van der Waals surface area (Å²) in [6.07, 6.45) is 8.79. The van der Waals surface area contributed by atoms with E-state index in [4.69, 9.17) is 0 Å². The Balaban J connectivity index is 0.000000184. The molecule has 0 aliphatic heterocycles. The van der Waals surface area contributed by atoms with Gasteiger partial charge in [0.1, 0.15) is 0 Å². The minimum atomic E-state index is 0.955. The van der Waals surface area contributed by atoms with Gasteiger partial charge in [-0.05, 0) is 48.3 Å². The first-order valence-corrected chi connectivity index (χ1v) is 8.40. The topological polar surface area (TPSA) is 0 Å². The summed E-state index contributed by atoms with van der Waals surface area (Å²) in [4.78, 5) is 0. The molecule has 0 bridgehead atoms. The molecular weight excluding hydrogens is 216 g/mol. The SMILES string of the molecule is CC1CC(C)C(C)C(C)C1.CC1CCC(C)CC1. The van der Waals surface area contributed by atoms with Crippen molar-refractivity contribution in [1.29, 1.82) is 0 Å². The van der Waals surface area contributed by atoms with Crippen molar-refractivity contribution in [2.45, 2.75) is 80.1 Å². The van der Waals surface area contributed by atoms with Crippen LogP contribution in [0.2, 0.25) is 0 Å². The molecule has 2 fully saturated rings. The van der Waals surface area contributed by atoms with Crippen LogP contribution >= 0.6 is 0 Å². The molecule has 0 heteroatoms. The third kappa shape index (κ3) is 5.33. The monoisotopic (exact) mass is 252 g/mol. The second-order valence-corrected chi connectivity index (χ2v) is 7.76. The lowest BCUT2D eigenvalue weighted by Gasteiger charge is -2.35. The highest BCUT2D eigenvalue weighted by Gasteiger charge is 2.27. The maximum Gasteiger partial charge on any atom is -0.0391 e. The molecule has 2 aliphatic carbocycles. The summed E-state index contributed by atoms with van der Waals surface area (Å²) in [6, 6.07) is 0. The molecule has 0 heterocycles. The minimum Gasteiger partial charge on any atom is -0.0625 e. The van der Waals surface area contributed by atoms with Crippen LogP contribution < -0.4 is 0 Å². The number of hydrogen-bond acceptors (Lipinski definition) is 0. The van der Waals surface area contributed by atoms with Crippen LogP contribution in [0.4, 0.5) is 0 Å². The molecule has 0 aromatic heterocycles. The summed E-state index contributed by atoms with van der Waals surface area (Å²) in [6.45, 7) is 14.3. The predicted octanol–water partition coefficient (Wildman–Crippen LogP) is 6.16. The van der Waals surface area contributed by atoms with Gasteiger partial charge in [-0.25, -0.2) is 0 Å². The van der Waals surface area contributed by atoms with Gasteiger partial charge in [-0.3, -0.25) is 0 Å². The van der Waals surface area contributed by atoms with Crippen molar-refractivity contribution in [1.82, 2.24) is 0 Å². The lowest BCUT2D eigenvalue weighted by Crippen LogP contribution is -2.26. The minimum absolute atomic E-state index is 0.955. The standard InChI is InChI=1S/C10H20.C8H16/c1-7-5-8(2)10(4)9(3)6-7;1-7-3-5-8(2)6-4-7/h7-10H,5-6H2,1-4H3;7-8H,3-6H2,1-2H3. The molecule has 0 saturated heterocycles. The van der Waals surface area contributed by atoms with Crippen LogP contribution in [0.5, 0.6) is 0 Å². The van der Waals surface area contributed by atoms with E-state index in [2.05, 4.69) is 41.5 Å². The molecule has 2 saturated carbocycles. The molecule has 0 spiro atoms. The van der Waals surface area contributed by atoms with Crippen LogP contribution in [0.3, 0.4) is 0 Å². The molecule has 2 atom stereocenters. The van der Waals surface area contributed by atoms with E-state index in [0.717, 1.165) is 35.5 Å². The normalized spacial score (nSPS) is 45.0. The molecule has 0 aromatic carbocycles. The Kier molecular flexibility index (Phi) is 6.74. The highest BCUT2D eigenvalue weighted by molar-refractivity contribution is 4.77. The maximum atomic E-state index is 2.40. The van der Waals surface area contributed by atoms with Gasteiger partial charge in [0.25, 0.3) is 0 Å². The molecule has 18 heavy (non-hydrogen) atoms. The summed E-state index contributed by atoms with van der Waals surface area (Å²) in [5.41, 5.74) is 0. The Morgan fingerprint density at radius 1 is 0.500 bits per heavy atom. The number of rotatable bonds is 0. The van der Waals surface area contributed by atoms with Crippen molar-refractivity contribution in [3.05, 3.63) is 0 Å². The van der Waals surface area contributed by atoms with Crippen molar-refractivity contribution < 1.29 is 0 Å². The molecule has 0 amide bonds. The van der Waals surface area contributed by atoms with Gasteiger partial charge in [0.15, 0.2) is 0 Å². The molecule has 0 nitrogen and oxygen atoms in total. The highest BCUT2D eigenvalue weighted by Crippen LogP contribution is 2.36. The average Bonchev–Trinajstić information content (AvgIpc) is 2.31. The smallest absolute Gasteiger partial charge is 0.0391 e.